The Hall–Kier alpha value is -1.61. The summed E-state index contributed by atoms with van der Waals surface area (Å²) < 4.78 is 0. The third-order valence-electron chi connectivity index (χ3n) is 1.94. The lowest BCUT2D eigenvalue weighted by atomic mass is 10.1. The smallest absolute Gasteiger partial charge is 0.338 e. The molecule has 4 heteroatoms. The predicted octanol–water partition coefficient (Wildman–Crippen LogP) is 3.61. The molecule has 0 fully saturated rings. The Balaban J connectivity index is 0.000000606. The van der Waals surface area contributed by atoms with Gasteiger partial charge in [-0.2, -0.15) is 0 Å². The highest BCUT2D eigenvalue weighted by molar-refractivity contribution is 6.38. The predicted molar refractivity (Wildman–Crippen MR) is 65.1 cm³/mol. The molecule has 1 heterocycles. The van der Waals surface area contributed by atoms with Crippen LogP contribution in [0.1, 0.15) is 24.2 Å². The molecule has 0 unspecified atom stereocenters. The fourth-order valence-electron chi connectivity index (χ4n) is 1.26. The standard InChI is InChI=1S/C10H6ClNO2.C2H6/c11-9-6-3-1-2-4-8(6)12-5-7(9)10(13)14;1-2/h1-5H,(H,13,14);1-2H3. The van der Waals surface area contributed by atoms with Crippen molar-refractivity contribution in [3.05, 3.63) is 41.0 Å². The number of carboxylic acids is 1. The Morgan fingerprint density at radius 1 is 1.31 bits per heavy atom. The molecule has 2 aromatic rings. The number of aromatic carboxylic acids is 1. The van der Waals surface area contributed by atoms with Gasteiger partial charge in [-0.05, 0) is 6.07 Å². The Kier molecular flexibility index (Phi) is 4.26. The van der Waals surface area contributed by atoms with E-state index in [9.17, 15) is 4.79 Å². The summed E-state index contributed by atoms with van der Waals surface area (Å²) in [6.07, 6.45) is 1.27. The first-order valence-electron chi connectivity index (χ1n) is 4.96. The molecule has 84 valence electrons. The lowest BCUT2D eigenvalue weighted by molar-refractivity contribution is 0.0697. The quantitative estimate of drug-likeness (QED) is 0.824. The molecule has 0 radical (unpaired) electrons. The number of carboxylic acid groups (broad SMARTS) is 1. The molecule has 1 N–H and O–H groups in total. The zero-order valence-electron chi connectivity index (χ0n) is 9.07. The van der Waals surface area contributed by atoms with E-state index >= 15 is 0 Å². The minimum atomic E-state index is -1.06. The number of pyridine rings is 1. The van der Waals surface area contributed by atoms with E-state index in [1.165, 1.54) is 6.20 Å². The van der Waals surface area contributed by atoms with Gasteiger partial charge in [0.1, 0.15) is 0 Å². The summed E-state index contributed by atoms with van der Waals surface area (Å²) in [5, 5.41) is 9.70. The first-order chi connectivity index (χ1) is 7.70. The number of halogens is 1. The van der Waals surface area contributed by atoms with Crippen LogP contribution in [-0.2, 0) is 0 Å². The zero-order chi connectivity index (χ0) is 12.1. The van der Waals surface area contributed by atoms with Crippen LogP contribution >= 0.6 is 11.6 Å². The van der Waals surface area contributed by atoms with E-state index in [0.29, 0.717) is 10.9 Å². The number of hydrogen-bond acceptors (Lipinski definition) is 2. The van der Waals surface area contributed by atoms with E-state index in [-0.39, 0.29) is 10.6 Å². The third-order valence-corrected chi connectivity index (χ3v) is 2.35. The van der Waals surface area contributed by atoms with E-state index in [2.05, 4.69) is 4.98 Å². The first kappa shape index (κ1) is 12.5. The summed E-state index contributed by atoms with van der Waals surface area (Å²) >= 11 is 5.92. The Morgan fingerprint density at radius 3 is 2.56 bits per heavy atom. The van der Waals surface area contributed by atoms with Crippen LogP contribution in [0.4, 0.5) is 0 Å². The molecule has 1 aromatic heterocycles. The highest BCUT2D eigenvalue weighted by Gasteiger charge is 2.11. The van der Waals surface area contributed by atoms with E-state index in [1.54, 1.807) is 18.2 Å². The molecule has 1 aromatic carbocycles. The molecule has 0 saturated heterocycles. The maximum absolute atomic E-state index is 10.7. The average molecular weight is 238 g/mol. The third kappa shape index (κ3) is 2.31. The van der Waals surface area contributed by atoms with Gasteiger partial charge in [0, 0.05) is 11.6 Å². The summed E-state index contributed by atoms with van der Waals surface area (Å²) in [7, 11) is 0. The second-order valence-electron chi connectivity index (χ2n) is 2.81. The SMILES string of the molecule is CC.O=C(O)c1cnc2ccccc2c1Cl. The van der Waals surface area contributed by atoms with Crippen LogP contribution in [0.3, 0.4) is 0 Å². The lowest BCUT2D eigenvalue weighted by Crippen LogP contribution is -1.98. The maximum atomic E-state index is 10.7. The van der Waals surface area contributed by atoms with Crippen molar-refractivity contribution < 1.29 is 9.90 Å². The van der Waals surface area contributed by atoms with Gasteiger partial charge < -0.3 is 5.11 Å². The second-order valence-corrected chi connectivity index (χ2v) is 3.19. The summed E-state index contributed by atoms with van der Waals surface area (Å²) in [4.78, 5) is 14.7. The molecule has 0 spiro atoms. The van der Waals surface area contributed by atoms with Crippen molar-refractivity contribution >= 4 is 28.5 Å². The van der Waals surface area contributed by atoms with Crippen molar-refractivity contribution in [1.82, 2.24) is 4.98 Å². The number of benzene rings is 1. The lowest BCUT2D eigenvalue weighted by Gasteiger charge is -2.02. The molecule has 2 rings (SSSR count). The minimum Gasteiger partial charge on any atom is -0.478 e. The molecule has 0 aliphatic carbocycles. The van der Waals surface area contributed by atoms with Crippen LogP contribution in [0, 0.1) is 0 Å². The zero-order valence-corrected chi connectivity index (χ0v) is 9.82. The Labute approximate surface area is 98.7 Å². The minimum absolute atomic E-state index is 0.0327. The van der Waals surface area contributed by atoms with E-state index in [1.807, 2.05) is 19.9 Å². The monoisotopic (exact) mass is 237 g/mol. The molecule has 3 nitrogen and oxygen atoms in total. The van der Waals surface area contributed by atoms with E-state index < -0.39 is 5.97 Å². The molecule has 16 heavy (non-hydrogen) atoms. The molecular weight excluding hydrogens is 226 g/mol. The first-order valence-corrected chi connectivity index (χ1v) is 5.34. The van der Waals surface area contributed by atoms with Gasteiger partial charge in [0.2, 0.25) is 0 Å². The number of nitrogens with zero attached hydrogens (tertiary/aromatic N) is 1. The van der Waals surface area contributed by atoms with Crippen LogP contribution in [0.15, 0.2) is 30.5 Å². The summed E-state index contributed by atoms with van der Waals surface area (Å²) in [5.74, 6) is -1.06. The molecule has 0 bridgehead atoms. The molecular formula is C12H12ClNO2. The van der Waals surface area contributed by atoms with Crippen molar-refractivity contribution in [1.29, 1.82) is 0 Å². The van der Waals surface area contributed by atoms with Gasteiger partial charge in [-0.1, -0.05) is 43.6 Å². The number of para-hydroxylation sites is 1. The summed E-state index contributed by atoms with van der Waals surface area (Å²) in [5.41, 5.74) is 0.730. The molecule has 0 saturated carbocycles. The van der Waals surface area contributed by atoms with Gasteiger partial charge in [-0.25, -0.2) is 4.79 Å². The topological polar surface area (TPSA) is 50.2 Å². The molecule has 0 amide bonds. The Morgan fingerprint density at radius 2 is 1.94 bits per heavy atom. The highest BCUT2D eigenvalue weighted by atomic mass is 35.5. The van der Waals surface area contributed by atoms with Gasteiger partial charge in [-0.3, -0.25) is 4.98 Å². The van der Waals surface area contributed by atoms with Crippen molar-refractivity contribution in [3.8, 4) is 0 Å². The number of aromatic nitrogens is 1. The van der Waals surface area contributed by atoms with Gasteiger partial charge in [0.05, 0.1) is 16.1 Å². The normalized spacial score (nSPS) is 9.44. The van der Waals surface area contributed by atoms with Crippen LogP contribution in [0.2, 0.25) is 5.02 Å². The average Bonchev–Trinajstić information content (AvgIpc) is 2.32. The van der Waals surface area contributed by atoms with Crippen LogP contribution in [-0.4, -0.2) is 16.1 Å². The van der Waals surface area contributed by atoms with Crippen molar-refractivity contribution in [2.24, 2.45) is 0 Å². The van der Waals surface area contributed by atoms with Gasteiger partial charge >= 0.3 is 5.97 Å². The van der Waals surface area contributed by atoms with Crippen LogP contribution < -0.4 is 0 Å². The second kappa shape index (κ2) is 5.47. The number of carbonyl (C=O) groups is 1. The number of rotatable bonds is 1. The highest BCUT2D eigenvalue weighted by Crippen LogP contribution is 2.25. The van der Waals surface area contributed by atoms with Crippen LogP contribution in [0.25, 0.3) is 10.9 Å². The van der Waals surface area contributed by atoms with Crippen molar-refractivity contribution in [2.75, 3.05) is 0 Å². The van der Waals surface area contributed by atoms with Gasteiger partial charge in [0.15, 0.2) is 0 Å². The molecule has 0 aliphatic rings. The van der Waals surface area contributed by atoms with E-state index in [0.717, 1.165) is 0 Å². The maximum Gasteiger partial charge on any atom is 0.338 e. The van der Waals surface area contributed by atoms with Crippen molar-refractivity contribution in [3.63, 3.8) is 0 Å². The number of fused-ring (bicyclic) bond motifs is 1. The fourth-order valence-corrected chi connectivity index (χ4v) is 1.55. The van der Waals surface area contributed by atoms with Crippen LogP contribution in [0.5, 0.6) is 0 Å². The number of hydrogen-bond donors (Lipinski definition) is 1. The summed E-state index contributed by atoms with van der Waals surface area (Å²) in [6, 6.07) is 7.15. The fraction of sp³-hybridized carbons (Fsp3) is 0.167. The van der Waals surface area contributed by atoms with E-state index in [4.69, 9.17) is 16.7 Å². The van der Waals surface area contributed by atoms with Crippen molar-refractivity contribution in [2.45, 2.75) is 13.8 Å². The molecule has 0 aliphatic heterocycles. The largest absolute Gasteiger partial charge is 0.478 e. The Bertz CT molecular complexity index is 511. The van der Waals surface area contributed by atoms with Gasteiger partial charge in [-0.15, -0.1) is 0 Å². The molecule has 0 atom stereocenters. The van der Waals surface area contributed by atoms with Gasteiger partial charge in [0.25, 0.3) is 0 Å². The summed E-state index contributed by atoms with van der Waals surface area (Å²) in [6.45, 7) is 4.00.